The molecule has 0 aliphatic rings. The van der Waals surface area contributed by atoms with E-state index in [-0.39, 0.29) is 23.7 Å². The van der Waals surface area contributed by atoms with Crippen molar-refractivity contribution in [1.29, 1.82) is 0 Å². The number of nitrogens with two attached hydrogens (primary N) is 1. The molecule has 0 aromatic carbocycles. The van der Waals surface area contributed by atoms with Crippen LogP contribution in [0.3, 0.4) is 0 Å². The second-order valence-corrected chi connectivity index (χ2v) is 7.18. The maximum absolute atomic E-state index is 13.1. The van der Waals surface area contributed by atoms with Crippen LogP contribution in [0.1, 0.15) is 56.2 Å². The molecule has 9 heteroatoms. The van der Waals surface area contributed by atoms with Gasteiger partial charge in [-0.3, -0.25) is 29.0 Å². The van der Waals surface area contributed by atoms with Crippen molar-refractivity contribution in [3.05, 3.63) is 44.6 Å². The lowest BCUT2D eigenvalue weighted by Gasteiger charge is -2.25. The lowest BCUT2D eigenvalue weighted by molar-refractivity contribution is 0.0980. The zero-order valence-corrected chi connectivity index (χ0v) is 16.9. The van der Waals surface area contributed by atoms with Crippen molar-refractivity contribution in [3.8, 4) is 0 Å². The number of hydrogen-bond acceptors (Lipinski definition) is 6. The molecule has 0 spiro atoms. The SMILES string of the molecule is CCCCn1c(N)c(N(CCC(C)C)C(=O)c2cnc(C)cn2)c(=O)[nH]c1=O. The fourth-order valence-corrected chi connectivity index (χ4v) is 2.72. The number of H-pyrrole nitrogens is 1. The summed E-state index contributed by atoms with van der Waals surface area (Å²) >= 11 is 0. The summed E-state index contributed by atoms with van der Waals surface area (Å²) in [7, 11) is 0. The molecule has 9 nitrogen and oxygen atoms in total. The van der Waals surface area contributed by atoms with E-state index in [0.29, 0.717) is 24.6 Å². The first-order valence-corrected chi connectivity index (χ1v) is 9.49. The third-order valence-electron chi connectivity index (χ3n) is 4.39. The highest BCUT2D eigenvalue weighted by molar-refractivity contribution is 6.05. The van der Waals surface area contributed by atoms with Crippen LogP contribution < -0.4 is 21.9 Å². The van der Waals surface area contributed by atoms with E-state index in [9.17, 15) is 14.4 Å². The fourth-order valence-electron chi connectivity index (χ4n) is 2.72. The Morgan fingerprint density at radius 1 is 1.29 bits per heavy atom. The summed E-state index contributed by atoms with van der Waals surface area (Å²) in [5.74, 6) is -0.198. The Labute approximate surface area is 163 Å². The number of carbonyl (C=O) groups excluding carboxylic acids is 1. The van der Waals surface area contributed by atoms with Gasteiger partial charge in [0.2, 0.25) is 0 Å². The molecule has 0 aliphatic heterocycles. The van der Waals surface area contributed by atoms with Gasteiger partial charge < -0.3 is 5.73 Å². The summed E-state index contributed by atoms with van der Waals surface area (Å²) in [6.07, 6.45) is 5.09. The van der Waals surface area contributed by atoms with Gasteiger partial charge in [0.15, 0.2) is 5.69 Å². The molecule has 0 aliphatic carbocycles. The van der Waals surface area contributed by atoms with Gasteiger partial charge in [0, 0.05) is 19.3 Å². The Morgan fingerprint density at radius 3 is 2.57 bits per heavy atom. The Bertz CT molecular complexity index is 930. The number of aromatic amines is 1. The van der Waals surface area contributed by atoms with Crippen molar-refractivity contribution in [2.24, 2.45) is 5.92 Å². The molecule has 0 fully saturated rings. The van der Waals surface area contributed by atoms with Gasteiger partial charge >= 0.3 is 5.69 Å². The first-order valence-electron chi connectivity index (χ1n) is 9.49. The van der Waals surface area contributed by atoms with E-state index in [4.69, 9.17) is 5.73 Å². The van der Waals surface area contributed by atoms with Crippen molar-refractivity contribution in [1.82, 2.24) is 19.5 Å². The van der Waals surface area contributed by atoms with Crippen molar-refractivity contribution in [3.63, 3.8) is 0 Å². The summed E-state index contributed by atoms with van der Waals surface area (Å²) in [4.78, 5) is 49.7. The van der Waals surface area contributed by atoms with E-state index in [2.05, 4.69) is 15.0 Å². The number of unbranched alkanes of at least 4 members (excludes halogenated alkanes) is 1. The second-order valence-electron chi connectivity index (χ2n) is 7.18. The Hall–Kier alpha value is -2.97. The van der Waals surface area contributed by atoms with E-state index in [1.165, 1.54) is 21.9 Å². The highest BCUT2D eigenvalue weighted by atomic mass is 16.2. The zero-order chi connectivity index (χ0) is 20.8. The van der Waals surface area contributed by atoms with Crippen LogP contribution in [0.15, 0.2) is 22.0 Å². The maximum atomic E-state index is 13.1. The van der Waals surface area contributed by atoms with Crippen LogP contribution in [0, 0.1) is 12.8 Å². The summed E-state index contributed by atoms with van der Waals surface area (Å²) in [5, 5.41) is 0. The number of aryl methyl sites for hydroxylation is 1. The molecule has 0 bridgehead atoms. The second kappa shape index (κ2) is 9.29. The minimum atomic E-state index is -0.688. The minimum Gasteiger partial charge on any atom is -0.383 e. The Kier molecular flexibility index (Phi) is 7.08. The maximum Gasteiger partial charge on any atom is 0.330 e. The van der Waals surface area contributed by atoms with Gasteiger partial charge in [-0.2, -0.15) is 0 Å². The number of amides is 1. The van der Waals surface area contributed by atoms with Crippen LogP contribution in [0.4, 0.5) is 11.5 Å². The molecular formula is C19H28N6O3. The molecule has 0 radical (unpaired) electrons. The first kappa shape index (κ1) is 21.3. The van der Waals surface area contributed by atoms with Gasteiger partial charge in [0.05, 0.1) is 11.9 Å². The van der Waals surface area contributed by atoms with Gasteiger partial charge in [0.25, 0.3) is 11.5 Å². The number of rotatable bonds is 8. The summed E-state index contributed by atoms with van der Waals surface area (Å²) in [6, 6.07) is 0. The predicted octanol–water partition coefficient (Wildman–Crippen LogP) is 1.71. The highest BCUT2D eigenvalue weighted by Crippen LogP contribution is 2.20. The summed E-state index contributed by atoms with van der Waals surface area (Å²) < 4.78 is 1.30. The van der Waals surface area contributed by atoms with E-state index < -0.39 is 17.2 Å². The Balaban J connectivity index is 2.56. The minimum absolute atomic E-state index is 0.0145. The molecule has 2 rings (SSSR count). The van der Waals surface area contributed by atoms with E-state index in [1.807, 2.05) is 20.8 Å². The molecule has 0 saturated heterocycles. The van der Waals surface area contributed by atoms with Crippen molar-refractivity contribution in [2.75, 3.05) is 17.2 Å². The monoisotopic (exact) mass is 388 g/mol. The van der Waals surface area contributed by atoms with Gasteiger partial charge in [-0.05, 0) is 25.7 Å². The van der Waals surface area contributed by atoms with Gasteiger partial charge in [0.1, 0.15) is 11.5 Å². The molecular weight excluding hydrogens is 360 g/mol. The largest absolute Gasteiger partial charge is 0.383 e. The third kappa shape index (κ3) is 4.85. The van der Waals surface area contributed by atoms with Gasteiger partial charge in [-0.15, -0.1) is 0 Å². The van der Waals surface area contributed by atoms with Crippen LogP contribution in [0.25, 0.3) is 0 Å². The normalized spacial score (nSPS) is 11.0. The van der Waals surface area contributed by atoms with Crippen LogP contribution in [0.2, 0.25) is 0 Å². The molecule has 2 aromatic rings. The molecule has 2 aromatic heterocycles. The number of aromatic nitrogens is 4. The van der Waals surface area contributed by atoms with E-state index >= 15 is 0 Å². The topological polar surface area (TPSA) is 127 Å². The lowest BCUT2D eigenvalue weighted by Crippen LogP contribution is -2.42. The Morgan fingerprint density at radius 2 is 2.00 bits per heavy atom. The fraction of sp³-hybridized carbons (Fsp3) is 0.526. The number of nitrogens with zero attached hydrogens (tertiary/aromatic N) is 4. The van der Waals surface area contributed by atoms with Crippen molar-refractivity contribution < 1.29 is 4.79 Å². The average molecular weight is 388 g/mol. The van der Waals surface area contributed by atoms with Gasteiger partial charge in [-0.25, -0.2) is 9.78 Å². The van der Waals surface area contributed by atoms with Crippen molar-refractivity contribution in [2.45, 2.75) is 53.5 Å². The summed E-state index contributed by atoms with van der Waals surface area (Å²) in [5.41, 5.74) is 5.68. The molecule has 152 valence electrons. The van der Waals surface area contributed by atoms with E-state index in [0.717, 1.165) is 12.8 Å². The summed E-state index contributed by atoms with van der Waals surface area (Å²) in [6.45, 7) is 8.42. The highest BCUT2D eigenvalue weighted by Gasteiger charge is 2.26. The van der Waals surface area contributed by atoms with Crippen LogP contribution >= 0.6 is 0 Å². The average Bonchev–Trinajstić information content (AvgIpc) is 2.64. The molecule has 28 heavy (non-hydrogen) atoms. The van der Waals surface area contributed by atoms with Gasteiger partial charge in [-0.1, -0.05) is 27.2 Å². The number of hydrogen-bond donors (Lipinski definition) is 2. The van der Waals surface area contributed by atoms with Crippen molar-refractivity contribution >= 4 is 17.4 Å². The van der Waals surface area contributed by atoms with Crippen LogP contribution in [0.5, 0.6) is 0 Å². The molecule has 0 saturated carbocycles. The number of carbonyl (C=O) groups is 1. The zero-order valence-electron chi connectivity index (χ0n) is 16.9. The number of anilines is 2. The molecule has 1 amide bonds. The predicted molar refractivity (Wildman–Crippen MR) is 109 cm³/mol. The van der Waals surface area contributed by atoms with E-state index in [1.54, 1.807) is 6.92 Å². The molecule has 2 heterocycles. The number of nitrogens with one attached hydrogen (secondary N) is 1. The lowest BCUT2D eigenvalue weighted by atomic mass is 10.1. The smallest absolute Gasteiger partial charge is 0.330 e. The first-order chi connectivity index (χ1) is 13.3. The molecule has 0 atom stereocenters. The third-order valence-corrected chi connectivity index (χ3v) is 4.39. The molecule has 0 unspecified atom stereocenters. The number of nitrogen functional groups attached to an aromatic ring is 1. The quantitative estimate of drug-likeness (QED) is 0.709. The van der Waals surface area contributed by atoms with Crippen LogP contribution in [-0.2, 0) is 6.54 Å². The van der Waals surface area contributed by atoms with Crippen LogP contribution in [-0.4, -0.2) is 32.0 Å². The standard InChI is InChI=1S/C19H28N6O3/c1-5-6-8-25-16(20)15(17(26)23-19(25)28)24(9-7-12(2)3)18(27)14-11-21-13(4)10-22-14/h10-12H,5-9,20H2,1-4H3,(H,23,26,28). The molecule has 3 N–H and O–H groups in total.